The highest BCUT2D eigenvalue weighted by atomic mass is 16.5. The summed E-state index contributed by atoms with van der Waals surface area (Å²) in [6.45, 7) is 12.8. The fraction of sp³-hybridized carbons (Fsp3) is 0.481. The number of esters is 2. The Morgan fingerprint density at radius 3 is 2.29 bits per heavy atom. The van der Waals surface area contributed by atoms with E-state index in [1.165, 1.54) is 28.5 Å². The van der Waals surface area contributed by atoms with Crippen LogP contribution in [0.25, 0.3) is 0 Å². The number of benzene rings is 1. The predicted molar refractivity (Wildman–Crippen MR) is 127 cm³/mol. The number of rotatable bonds is 12. The summed E-state index contributed by atoms with van der Waals surface area (Å²) in [5.74, 6) is -0.239. The van der Waals surface area contributed by atoms with E-state index in [1.54, 1.807) is 0 Å². The molecule has 170 valence electrons. The third-order valence-electron chi connectivity index (χ3n) is 4.97. The molecule has 0 aliphatic carbocycles. The third kappa shape index (κ3) is 12.0. The van der Waals surface area contributed by atoms with E-state index in [9.17, 15) is 9.59 Å². The van der Waals surface area contributed by atoms with Crippen molar-refractivity contribution in [1.82, 2.24) is 0 Å². The molecule has 1 aromatic carbocycles. The highest BCUT2D eigenvalue weighted by Gasteiger charge is 2.09. The Labute approximate surface area is 188 Å². The molecule has 0 spiro atoms. The van der Waals surface area contributed by atoms with Crippen LogP contribution in [0.5, 0.6) is 0 Å². The van der Waals surface area contributed by atoms with Crippen LogP contribution in [0.1, 0.15) is 90.2 Å². The highest BCUT2D eigenvalue weighted by Crippen LogP contribution is 2.22. The average Bonchev–Trinajstić information content (AvgIpc) is 2.72. The summed E-state index contributed by atoms with van der Waals surface area (Å²) < 4.78 is 10.3. The van der Waals surface area contributed by atoms with Gasteiger partial charge in [-0.2, -0.15) is 0 Å². The SMILES string of the molecule is CC(C)=CCC/C(C)=C/COC(=O)CCC(=O)O/C=C/C(C)c1cccc(C(C)C)c1. The lowest BCUT2D eigenvalue weighted by atomic mass is 9.95. The first-order valence-electron chi connectivity index (χ1n) is 11.1. The van der Waals surface area contributed by atoms with Crippen molar-refractivity contribution in [2.45, 2.75) is 79.1 Å². The number of carbonyl (C=O) groups is 2. The highest BCUT2D eigenvalue weighted by molar-refractivity contribution is 5.77. The van der Waals surface area contributed by atoms with Gasteiger partial charge in [-0.05, 0) is 62.8 Å². The monoisotopic (exact) mass is 426 g/mol. The first-order chi connectivity index (χ1) is 14.7. The molecule has 0 aliphatic rings. The zero-order valence-electron chi connectivity index (χ0n) is 19.9. The minimum absolute atomic E-state index is 0.00363. The molecule has 1 atom stereocenters. The summed E-state index contributed by atoms with van der Waals surface area (Å²) in [5.41, 5.74) is 4.94. The number of carbonyl (C=O) groups excluding carboxylic acids is 2. The second-order valence-electron chi connectivity index (χ2n) is 8.49. The van der Waals surface area contributed by atoms with Gasteiger partial charge in [0, 0.05) is 5.92 Å². The van der Waals surface area contributed by atoms with Crippen molar-refractivity contribution < 1.29 is 19.1 Å². The lowest BCUT2D eigenvalue weighted by Gasteiger charge is -2.11. The molecule has 1 unspecified atom stereocenters. The molecule has 1 aromatic rings. The average molecular weight is 427 g/mol. The minimum atomic E-state index is -0.440. The number of hydrogen-bond donors (Lipinski definition) is 0. The van der Waals surface area contributed by atoms with Gasteiger partial charge in [-0.1, -0.05) is 62.3 Å². The largest absolute Gasteiger partial charge is 0.461 e. The second-order valence-corrected chi connectivity index (χ2v) is 8.49. The van der Waals surface area contributed by atoms with Gasteiger partial charge in [0.25, 0.3) is 0 Å². The maximum absolute atomic E-state index is 11.9. The van der Waals surface area contributed by atoms with Crippen molar-refractivity contribution in [2.24, 2.45) is 0 Å². The van der Waals surface area contributed by atoms with E-state index in [2.05, 4.69) is 58.9 Å². The molecule has 0 amide bonds. The minimum Gasteiger partial charge on any atom is -0.461 e. The summed E-state index contributed by atoms with van der Waals surface area (Å²) in [6.07, 6.45) is 9.31. The van der Waals surface area contributed by atoms with Gasteiger partial charge in [-0.3, -0.25) is 9.59 Å². The lowest BCUT2D eigenvalue weighted by molar-refractivity contribution is -0.147. The normalized spacial score (nSPS) is 12.7. The molecule has 0 heterocycles. The summed E-state index contributed by atoms with van der Waals surface area (Å²) >= 11 is 0. The van der Waals surface area contributed by atoms with Gasteiger partial charge < -0.3 is 9.47 Å². The van der Waals surface area contributed by atoms with Crippen LogP contribution in [0, 0.1) is 0 Å². The van der Waals surface area contributed by atoms with Crippen LogP contribution >= 0.6 is 0 Å². The topological polar surface area (TPSA) is 52.6 Å². The van der Waals surface area contributed by atoms with Crippen molar-refractivity contribution in [3.8, 4) is 0 Å². The van der Waals surface area contributed by atoms with Crippen molar-refractivity contribution in [3.63, 3.8) is 0 Å². The molecule has 0 aromatic heterocycles. The van der Waals surface area contributed by atoms with E-state index < -0.39 is 11.9 Å². The molecule has 4 heteroatoms. The molecule has 31 heavy (non-hydrogen) atoms. The van der Waals surface area contributed by atoms with Crippen LogP contribution in [0.15, 0.2) is 59.9 Å². The Balaban J connectivity index is 2.31. The molecule has 1 rings (SSSR count). The quantitative estimate of drug-likeness (QED) is 0.205. The molecule has 0 N–H and O–H groups in total. The number of allylic oxidation sites excluding steroid dienone is 4. The zero-order valence-corrected chi connectivity index (χ0v) is 19.9. The van der Waals surface area contributed by atoms with E-state index in [1.807, 2.05) is 25.1 Å². The van der Waals surface area contributed by atoms with Crippen molar-refractivity contribution in [3.05, 3.63) is 71.0 Å². The Morgan fingerprint density at radius 1 is 0.935 bits per heavy atom. The summed E-state index contributed by atoms with van der Waals surface area (Å²) in [6, 6.07) is 8.41. The van der Waals surface area contributed by atoms with Gasteiger partial charge in [0.05, 0.1) is 19.1 Å². The van der Waals surface area contributed by atoms with Crippen LogP contribution in [-0.4, -0.2) is 18.5 Å². The molecule has 4 nitrogen and oxygen atoms in total. The fourth-order valence-electron chi connectivity index (χ4n) is 2.85. The zero-order chi connectivity index (χ0) is 23.2. The number of ether oxygens (including phenoxy) is 2. The smallest absolute Gasteiger partial charge is 0.311 e. The summed E-state index contributed by atoms with van der Waals surface area (Å²) in [5, 5.41) is 0. The Kier molecular flexibility index (Phi) is 12.3. The first-order valence-corrected chi connectivity index (χ1v) is 11.1. The van der Waals surface area contributed by atoms with Crippen molar-refractivity contribution in [2.75, 3.05) is 6.61 Å². The summed E-state index contributed by atoms with van der Waals surface area (Å²) in [4.78, 5) is 23.7. The Morgan fingerprint density at radius 2 is 1.61 bits per heavy atom. The molecule has 0 bridgehead atoms. The van der Waals surface area contributed by atoms with Gasteiger partial charge in [-0.25, -0.2) is 0 Å². The maximum atomic E-state index is 11.9. The standard InChI is InChI=1S/C27H38O4/c1-20(2)9-7-10-22(5)15-17-30-26(28)13-14-27(29)31-18-16-23(6)25-12-8-11-24(19-25)21(3)4/h8-9,11-12,15-16,18-19,21,23H,7,10,13-14,17H2,1-6H3/b18-16+,22-15+. The number of hydrogen-bond acceptors (Lipinski definition) is 4. The molecule has 0 saturated heterocycles. The van der Waals surface area contributed by atoms with E-state index in [0.717, 1.165) is 12.8 Å². The lowest BCUT2D eigenvalue weighted by Crippen LogP contribution is -2.09. The van der Waals surface area contributed by atoms with Crippen LogP contribution in [0.4, 0.5) is 0 Å². The summed E-state index contributed by atoms with van der Waals surface area (Å²) in [7, 11) is 0. The van der Waals surface area contributed by atoms with Crippen molar-refractivity contribution >= 4 is 11.9 Å². The van der Waals surface area contributed by atoms with E-state index >= 15 is 0 Å². The van der Waals surface area contributed by atoms with Gasteiger partial charge in [-0.15, -0.1) is 0 Å². The molecule has 0 saturated carbocycles. The molecule has 0 radical (unpaired) electrons. The first kappa shape index (κ1) is 26.4. The molecular formula is C27H38O4. The molecule has 0 aliphatic heterocycles. The Bertz CT molecular complexity index is 795. The third-order valence-corrected chi connectivity index (χ3v) is 4.97. The van der Waals surface area contributed by atoms with Crippen LogP contribution < -0.4 is 0 Å². The van der Waals surface area contributed by atoms with Crippen LogP contribution in [-0.2, 0) is 19.1 Å². The maximum Gasteiger partial charge on any atom is 0.311 e. The predicted octanol–water partition coefficient (Wildman–Crippen LogP) is 6.99. The second kappa shape index (κ2) is 14.4. The van der Waals surface area contributed by atoms with Gasteiger partial charge in [0.15, 0.2) is 0 Å². The van der Waals surface area contributed by atoms with Gasteiger partial charge >= 0.3 is 11.9 Å². The van der Waals surface area contributed by atoms with Crippen LogP contribution in [0.2, 0.25) is 0 Å². The van der Waals surface area contributed by atoms with Gasteiger partial charge in [0.2, 0.25) is 0 Å². The van der Waals surface area contributed by atoms with E-state index in [-0.39, 0.29) is 25.4 Å². The Hall–Kier alpha value is -2.62. The van der Waals surface area contributed by atoms with Gasteiger partial charge in [0.1, 0.15) is 6.61 Å². The van der Waals surface area contributed by atoms with Crippen molar-refractivity contribution in [1.29, 1.82) is 0 Å². The van der Waals surface area contributed by atoms with Crippen LogP contribution in [0.3, 0.4) is 0 Å². The van der Waals surface area contributed by atoms with E-state index in [0.29, 0.717) is 5.92 Å². The molecular weight excluding hydrogens is 388 g/mol. The van der Waals surface area contributed by atoms with E-state index in [4.69, 9.17) is 9.47 Å². The molecule has 0 fully saturated rings. The fourth-order valence-corrected chi connectivity index (χ4v) is 2.85.